The third-order valence-corrected chi connectivity index (χ3v) is 8.73. The summed E-state index contributed by atoms with van der Waals surface area (Å²) in [5.74, 6) is 0.419. The van der Waals surface area contributed by atoms with Crippen molar-refractivity contribution in [3.05, 3.63) is 84.4 Å². The minimum atomic E-state index is -4.16. The Labute approximate surface area is 249 Å². The summed E-state index contributed by atoms with van der Waals surface area (Å²) in [7, 11) is -2.59. The molecule has 0 aliphatic heterocycles. The zero-order valence-electron chi connectivity index (χ0n) is 24.9. The Morgan fingerprint density at radius 1 is 0.857 bits per heavy atom. The monoisotopic (exact) mass is 595 g/mol. The first-order chi connectivity index (χ1) is 20.1. The van der Waals surface area contributed by atoms with Crippen LogP contribution in [0, 0.1) is 0 Å². The minimum Gasteiger partial charge on any atom is -0.497 e. The molecule has 226 valence electrons. The number of carbonyl (C=O) groups is 2. The van der Waals surface area contributed by atoms with Crippen molar-refractivity contribution in [1.29, 1.82) is 0 Å². The molecular weight excluding hydrogens is 554 g/mol. The van der Waals surface area contributed by atoms with Gasteiger partial charge in [0.25, 0.3) is 10.0 Å². The summed E-state index contributed by atoms with van der Waals surface area (Å²) in [4.78, 5) is 29.0. The summed E-state index contributed by atoms with van der Waals surface area (Å²) in [6.45, 7) is 7.61. The molecule has 0 aliphatic carbocycles. The molecule has 10 heteroatoms. The van der Waals surface area contributed by atoms with Gasteiger partial charge in [0.2, 0.25) is 11.8 Å². The van der Waals surface area contributed by atoms with Crippen molar-refractivity contribution in [3.8, 4) is 11.5 Å². The number of hydrogen-bond donors (Lipinski definition) is 1. The zero-order valence-corrected chi connectivity index (χ0v) is 25.8. The van der Waals surface area contributed by atoms with E-state index in [1.54, 1.807) is 61.7 Å². The number of nitrogens with zero attached hydrogens (tertiary/aromatic N) is 2. The normalized spacial score (nSPS) is 12.6. The number of methoxy groups -OCH3 is 1. The van der Waals surface area contributed by atoms with Gasteiger partial charge in [-0.2, -0.15) is 0 Å². The molecule has 3 rings (SSSR count). The Kier molecular flexibility index (Phi) is 11.8. The molecule has 9 nitrogen and oxygen atoms in total. The Morgan fingerprint density at radius 3 is 2.02 bits per heavy atom. The molecule has 0 bridgehead atoms. The van der Waals surface area contributed by atoms with Gasteiger partial charge in [0.15, 0.2) is 0 Å². The van der Waals surface area contributed by atoms with E-state index in [1.807, 2.05) is 39.8 Å². The van der Waals surface area contributed by atoms with Crippen molar-refractivity contribution in [1.82, 2.24) is 10.2 Å². The number of para-hydroxylation sites is 1. The largest absolute Gasteiger partial charge is 0.497 e. The zero-order chi connectivity index (χ0) is 30.7. The van der Waals surface area contributed by atoms with E-state index in [9.17, 15) is 18.0 Å². The number of benzene rings is 3. The Bertz CT molecular complexity index is 1400. The molecule has 3 aromatic rings. The Hall–Kier alpha value is -4.05. The van der Waals surface area contributed by atoms with Crippen LogP contribution in [0.3, 0.4) is 0 Å². The summed E-state index contributed by atoms with van der Waals surface area (Å²) in [6, 6.07) is 20.9. The highest BCUT2D eigenvalue weighted by molar-refractivity contribution is 7.92. The second kappa shape index (κ2) is 15.3. The van der Waals surface area contributed by atoms with Gasteiger partial charge in [0.1, 0.15) is 24.1 Å². The maximum Gasteiger partial charge on any atom is 0.264 e. The molecule has 0 radical (unpaired) electrons. The van der Waals surface area contributed by atoms with E-state index in [1.165, 1.54) is 17.0 Å². The van der Waals surface area contributed by atoms with E-state index in [2.05, 4.69) is 5.32 Å². The second-order valence-corrected chi connectivity index (χ2v) is 11.7. The molecule has 2 atom stereocenters. The van der Waals surface area contributed by atoms with E-state index in [4.69, 9.17) is 9.47 Å². The third-order valence-electron chi connectivity index (χ3n) is 6.94. The number of anilines is 1. The number of nitrogens with one attached hydrogen (secondary N) is 1. The molecule has 0 saturated carbocycles. The predicted octanol–water partition coefficient (Wildman–Crippen LogP) is 5.01. The van der Waals surface area contributed by atoms with Crippen LogP contribution < -0.4 is 19.1 Å². The highest BCUT2D eigenvalue weighted by Crippen LogP contribution is 2.26. The average Bonchev–Trinajstić information content (AvgIpc) is 3.00. The molecule has 0 saturated heterocycles. The van der Waals surface area contributed by atoms with E-state index in [-0.39, 0.29) is 23.4 Å². The lowest BCUT2D eigenvalue weighted by Crippen LogP contribution is -2.53. The fourth-order valence-corrected chi connectivity index (χ4v) is 5.83. The van der Waals surface area contributed by atoms with Gasteiger partial charge in [-0.3, -0.25) is 13.9 Å². The number of sulfonamides is 1. The van der Waals surface area contributed by atoms with Crippen LogP contribution in [0.25, 0.3) is 0 Å². The first-order valence-corrected chi connectivity index (χ1v) is 15.6. The van der Waals surface area contributed by atoms with Crippen molar-refractivity contribution in [3.63, 3.8) is 0 Å². The molecule has 0 spiro atoms. The molecule has 1 N–H and O–H groups in total. The molecule has 2 amide bonds. The third kappa shape index (κ3) is 8.25. The smallest absolute Gasteiger partial charge is 0.264 e. The van der Waals surface area contributed by atoms with Gasteiger partial charge < -0.3 is 19.7 Å². The predicted molar refractivity (Wildman–Crippen MR) is 164 cm³/mol. The number of amides is 2. The first-order valence-electron chi connectivity index (χ1n) is 14.2. The lowest BCUT2D eigenvalue weighted by Gasteiger charge is -2.33. The SMILES string of the molecule is CCOc1ccc(S(=O)(=O)N(CC(=O)N(Cc2ccc(OC)cc2)[C@H](CC)C(=O)N[C@H](C)CC)c2ccccc2)cc1. The first kappa shape index (κ1) is 32.5. The van der Waals surface area contributed by atoms with Gasteiger partial charge in [0, 0.05) is 12.6 Å². The van der Waals surface area contributed by atoms with Crippen molar-refractivity contribution in [2.45, 2.75) is 64.1 Å². The quantitative estimate of drug-likeness (QED) is 0.265. The van der Waals surface area contributed by atoms with Gasteiger partial charge in [-0.25, -0.2) is 8.42 Å². The molecule has 0 unspecified atom stereocenters. The Balaban J connectivity index is 2.02. The second-order valence-electron chi connectivity index (χ2n) is 9.86. The summed E-state index contributed by atoms with van der Waals surface area (Å²) in [5.41, 5.74) is 1.11. The van der Waals surface area contributed by atoms with Gasteiger partial charge in [-0.15, -0.1) is 0 Å². The van der Waals surface area contributed by atoms with Crippen molar-refractivity contribution in [2.75, 3.05) is 24.6 Å². The van der Waals surface area contributed by atoms with Gasteiger partial charge in [-0.05, 0) is 80.8 Å². The summed E-state index contributed by atoms with van der Waals surface area (Å²) >= 11 is 0. The van der Waals surface area contributed by atoms with Crippen molar-refractivity contribution < 1.29 is 27.5 Å². The van der Waals surface area contributed by atoms with Crippen LogP contribution in [-0.2, 0) is 26.2 Å². The minimum absolute atomic E-state index is 0.0193. The lowest BCUT2D eigenvalue weighted by atomic mass is 10.1. The van der Waals surface area contributed by atoms with E-state index in [0.717, 1.165) is 16.3 Å². The maximum atomic E-state index is 14.1. The number of hydrogen-bond acceptors (Lipinski definition) is 6. The molecule has 3 aromatic carbocycles. The fraction of sp³-hybridized carbons (Fsp3) is 0.375. The molecular formula is C32H41N3O6S. The highest BCUT2D eigenvalue weighted by atomic mass is 32.2. The van der Waals surface area contributed by atoms with Crippen molar-refractivity contribution in [2.24, 2.45) is 0 Å². The molecule has 0 aromatic heterocycles. The molecule has 0 fully saturated rings. The fourth-order valence-electron chi connectivity index (χ4n) is 4.41. The van der Waals surface area contributed by atoms with Gasteiger partial charge >= 0.3 is 0 Å². The van der Waals surface area contributed by atoms with Crippen LogP contribution in [0.15, 0.2) is 83.8 Å². The lowest BCUT2D eigenvalue weighted by molar-refractivity contribution is -0.140. The van der Waals surface area contributed by atoms with E-state index < -0.39 is 28.5 Å². The summed E-state index contributed by atoms with van der Waals surface area (Å²) in [5, 5.41) is 2.98. The topological polar surface area (TPSA) is 105 Å². The summed E-state index contributed by atoms with van der Waals surface area (Å²) in [6.07, 6.45) is 1.08. The molecule has 0 aliphatic rings. The molecule has 0 heterocycles. The van der Waals surface area contributed by atoms with Crippen LogP contribution in [0.2, 0.25) is 0 Å². The van der Waals surface area contributed by atoms with E-state index >= 15 is 0 Å². The standard InChI is InChI=1S/C32H41N3O6S/c1-6-24(4)33-32(37)30(7-2)34(22-25-14-16-27(40-5)17-15-25)31(36)23-35(26-12-10-9-11-13-26)42(38,39)29-20-18-28(19-21-29)41-8-3/h9-21,24,30H,6-8,22-23H2,1-5H3,(H,33,37)/t24-,30-/m1/s1. The maximum absolute atomic E-state index is 14.1. The van der Waals surface area contributed by atoms with Crippen LogP contribution in [0.1, 0.15) is 46.1 Å². The van der Waals surface area contributed by atoms with Gasteiger partial charge in [0.05, 0.1) is 24.3 Å². The highest BCUT2D eigenvalue weighted by Gasteiger charge is 2.34. The number of ether oxygens (including phenoxy) is 2. The summed E-state index contributed by atoms with van der Waals surface area (Å²) < 4.78 is 39.8. The van der Waals surface area contributed by atoms with Crippen LogP contribution in [0.4, 0.5) is 5.69 Å². The number of rotatable bonds is 15. The number of carbonyl (C=O) groups excluding carboxylic acids is 2. The van der Waals surface area contributed by atoms with Gasteiger partial charge in [-0.1, -0.05) is 44.2 Å². The Morgan fingerprint density at radius 2 is 1.48 bits per heavy atom. The van der Waals surface area contributed by atoms with Crippen LogP contribution in [-0.4, -0.2) is 57.5 Å². The van der Waals surface area contributed by atoms with E-state index in [0.29, 0.717) is 30.2 Å². The van der Waals surface area contributed by atoms with Crippen LogP contribution >= 0.6 is 0 Å². The van der Waals surface area contributed by atoms with Crippen LogP contribution in [0.5, 0.6) is 11.5 Å². The average molecular weight is 596 g/mol. The molecule has 42 heavy (non-hydrogen) atoms. The van der Waals surface area contributed by atoms with Crippen molar-refractivity contribution >= 4 is 27.5 Å².